The molecule has 2 rings (SSSR count). The highest BCUT2D eigenvalue weighted by atomic mass is 16.5. The van der Waals surface area contributed by atoms with Gasteiger partial charge in [-0.3, -0.25) is 15.3 Å². The van der Waals surface area contributed by atoms with Gasteiger partial charge in [-0.2, -0.15) is 5.10 Å². The Kier molecular flexibility index (Phi) is 38.3. The number of nitrogens with zero attached hydrogens (tertiary/aromatic N) is 6. The quantitative estimate of drug-likeness (QED) is 0.0204. The normalized spacial score (nSPS) is 13.3. The van der Waals surface area contributed by atoms with E-state index in [9.17, 15) is 0 Å². The fraction of sp³-hybridized carbons (Fsp3) is 0.522. The predicted molar refractivity (Wildman–Crippen MR) is 253 cm³/mol. The van der Waals surface area contributed by atoms with Gasteiger partial charge in [0.15, 0.2) is 5.84 Å². The number of rotatable bonds is 26. The van der Waals surface area contributed by atoms with E-state index >= 15 is 0 Å². The van der Waals surface area contributed by atoms with Crippen molar-refractivity contribution in [1.82, 2.24) is 25.9 Å². The van der Waals surface area contributed by atoms with Gasteiger partial charge < -0.3 is 31.1 Å². The lowest BCUT2D eigenvalue weighted by molar-refractivity contribution is 0.149. The van der Waals surface area contributed by atoms with Crippen LogP contribution < -0.4 is 21.4 Å². The molecule has 0 aromatic carbocycles. The highest BCUT2D eigenvalue weighted by molar-refractivity contribution is 6.41. The maximum Gasteiger partial charge on any atom is 0.169 e. The molecule has 1 atom stereocenters. The van der Waals surface area contributed by atoms with Crippen LogP contribution >= 0.6 is 0 Å². The van der Waals surface area contributed by atoms with E-state index in [1.807, 2.05) is 97.1 Å². The number of nitrogens with one attached hydrogen (secondary N) is 5. The van der Waals surface area contributed by atoms with Crippen LogP contribution in [0.2, 0.25) is 0 Å². The summed E-state index contributed by atoms with van der Waals surface area (Å²) in [4.78, 5) is 16.0. The van der Waals surface area contributed by atoms with E-state index in [1.54, 1.807) is 6.34 Å². The van der Waals surface area contributed by atoms with Gasteiger partial charge in [-0.1, -0.05) is 103 Å². The van der Waals surface area contributed by atoms with Crippen molar-refractivity contribution in [3.63, 3.8) is 0 Å². The molecule has 0 aliphatic carbocycles. The van der Waals surface area contributed by atoms with Crippen molar-refractivity contribution in [2.45, 2.75) is 93.9 Å². The van der Waals surface area contributed by atoms with Crippen molar-refractivity contribution in [1.29, 1.82) is 10.7 Å². The molecule has 1 aromatic heterocycles. The Labute approximate surface area is 352 Å². The first-order valence-electron chi connectivity index (χ1n) is 21.0. The molecule has 1 unspecified atom stereocenters. The molecular weight excluding hydrogens is 723 g/mol. The first kappa shape index (κ1) is 55.1. The summed E-state index contributed by atoms with van der Waals surface area (Å²) in [6.45, 7) is 25.1. The van der Waals surface area contributed by atoms with E-state index in [2.05, 4.69) is 88.2 Å². The summed E-state index contributed by atoms with van der Waals surface area (Å²) in [7, 11) is 4.01. The second-order valence-electron chi connectivity index (χ2n) is 12.4. The Morgan fingerprint density at radius 3 is 2.50 bits per heavy atom. The zero-order valence-electron chi connectivity index (χ0n) is 37.5. The summed E-state index contributed by atoms with van der Waals surface area (Å²) in [6, 6.07) is 2.05. The lowest BCUT2D eigenvalue weighted by atomic mass is 9.99. The first-order chi connectivity index (χ1) is 28.5. The minimum absolute atomic E-state index is 0.466. The third-order valence-corrected chi connectivity index (χ3v) is 8.10. The number of ether oxygens (including phenoxy) is 1. The van der Waals surface area contributed by atoms with E-state index in [-0.39, 0.29) is 0 Å². The number of pyridine rings is 1. The summed E-state index contributed by atoms with van der Waals surface area (Å²) in [5.41, 5.74) is 8.04. The van der Waals surface area contributed by atoms with Crippen LogP contribution in [0, 0.1) is 23.2 Å². The molecule has 0 fully saturated rings. The van der Waals surface area contributed by atoms with Crippen LogP contribution in [0.5, 0.6) is 0 Å². The number of hydrogen-bond donors (Lipinski definition) is 5. The minimum atomic E-state index is 0.466. The Hall–Kier alpha value is -4.96. The van der Waals surface area contributed by atoms with Crippen LogP contribution in [-0.2, 0) is 11.2 Å². The number of allylic oxidation sites excluding steroid dienone is 10. The number of nitriles is 1. The number of hydrazone groups is 1. The molecule has 1 aromatic rings. The average molecular weight is 800 g/mol. The number of aliphatic imine (C=N–C) groups is 2. The van der Waals surface area contributed by atoms with Gasteiger partial charge in [0.1, 0.15) is 5.82 Å². The van der Waals surface area contributed by atoms with Crippen molar-refractivity contribution in [3.8, 4) is 6.57 Å². The molecule has 1 aliphatic rings. The van der Waals surface area contributed by atoms with Crippen molar-refractivity contribution < 1.29 is 4.74 Å². The van der Waals surface area contributed by atoms with Gasteiger partial charge in [0.25, 0.3) is 0 Å². The second kappa shape index (κ2) is 40.2. The number of aromatic nitrogens is 1. The number of anilines is 1. The van der Waals surface area contributed by atoms with Crippen molar-refractivity contribution in [2.75, 3.05) is 65.5 Å². The van der Waals surface area contributed by atoms with Gasteiger partial charge in [0, 0.05) is 64.8 Å². The third-order valence-electron chi connectivity index (χ3n) is 8.10. The lowest BCUT2D eigenvalue weighted by Crippen LogP contribution is -2.33. The van der Waals surface area contributed by atoms with E-state index in [0.29, 0.717) is 43.6 Å². The monoisotopic (exact) mass is 800 g/mol. The van der Waals surface area contributed by atoms with Crippen LogP contribution in [0.15, 0.2) is 88.1 Å². The van der Waals surface area contributed by atoms with Crippen molar-refractivity contribution in [2.24, 2.45) is 21.0 Å². The van der Waals surface area contributed by atoms with E-state index < -0.39 is 0 Å². The zero-order valence-corrected chi connectivity index (χ0v) is 37.5. The molecular formula is C46H77N11O. The fourth-order valence-electron chi connectivity index (χ4n) is 5.23. The molecule has 0 saturated carbocycles. The number of hydrogen-bond acceptors (Lipinski definition) is 10. The average Bonchev–Trinajstić information content (AvgIpc) is 3.55. The second-order valence-corrected chi connectivity index (χ2v) is 12.4. The lowest BCUT2D eigenvalue weighted by Gasteiger charge is -2.19. The molecule has 1 aliphatic heterocycles. The van der Waals surface area contributed by atoms with Crippen LogP contribution in [0.1, 0.15) is 104 Å². The van der Waals surface area contributed by atoms with Crippen LogP contribution in [0.4, 0.5) is 5.82 Å². The van der Waals surface area contributed by atoms with Gasteiger partial charge in [0.2, 0.25) is 0 Å². The highest BCUT2D eigenvalue weighted by Crippen LogP contribution is 2.25. The smallest absolute Gasteiger partial charge is 0.169 e. The summed E-state index contributed by atoms with van der Waals surface area (Å²) in [5.74, 6) is 1.99. The molecule has 58 heavy (non-hydrogen) atoms. The molecule has 0 spiro atoms. The maximum absolute atomic E-state index is 8.07. The molecule has 0 radical (unpaired) electrons. The van der Waals surface area contributed by atoms with Gasteiger partial charge in [-0.05, 0) is 81.8 Å². The van der Waals surface area contributed by atoms with Crippen LogP contribution in [0.25, 0.3) is 5.57 Å². The third kappa shape index (κ3) is 25.3. The summed E-state index contributed by atoms with van der Waals surface area (Å²) < 4.78 is 5.35. The van der Waals surface area contributed by atoms with Crippen molar-refractivity contribution in [3.05, 3.63) is 89.8 Å². The maximum atomic E-state index is 8.07. The van der Waals surface area contributed by atoms with Crippen LogP contribution in [0.3, 0.4) is 0 Å². The van der Waals surface area contributed by atoms with E-state index in [4.69, 9.17) is 25.5 Å². The van der Waals surface area contributed by atoms with E-state index in [1.165, 1.54) is 6.21 Å². The molecule has 0 amide bonds. The van der Waals surface area contributed by atoms with Crippen molar-refractivity contribution >= 4 is 35.5 Å². The first-order valence-corrected chi connectivity index (χ1v) is 21.0. The molecule has 322 valence electrons. The molecule has 12 nitrogen and oxygen atoms in total. The molecule has 0 bridgehead atoms. The molecule has 12 heteroatoms. The highest BCUT2D eigenvalue weighted by Gasteiger charge is 2.14. The molecule has 5 N–H and O–H groups in total. The SMILES string of the molecule is C#N.C/C=C\C=C/Cc1cc(C=N)c(N/C=N\CNCCOCC)nc1C(/C=C\CCNCCC(CC)CN/N=C(/C1=NC=CC=CC1)N(C)C)=C/CC.CC.CC. The number of amidine groups is 1. The summed E-state index contributed by atoms with van der Waals surface area (Å²) >= 11 is 0. The standard InChI is InChI=1S/C41H64N10O.2C2H6.CHN/c1-7-11-12-14-21-36-29-37(30-42)40(47-33-45-32-44-27-28-52-10-4)49-39(36)35(19-8-2)20-16-18-24-43-26-23-34(9-3)31-48-50-41(51(5)6)38-22-15-13-17-25-46-38;3*1-2/h7,11-17,19-20,25,29-30,33-34,42-44,48H,8-10,18,21-24,26-28,31-32H2,1-6H3,(H,45,47,49);2*1-2H3;1H/b11-7-,14-12-,20-16-,35-19+,42-30?,50-41-;;;. The fourth-order valence-corrected chi connectivity index (χ4v) is 5.23. The largest absolute Gasteiger partial charge is 0.380 e. The van der Waals surface area contributed by atoms with Gasteiger partial charge in [0.05, 0.1) is 31.0 Å². The zero-order chi connectivity index (χ0) is 43.7. The van der Waals surface area contributed by atoms with Gasteiger partial charge in [-0.15, -0.1) is 0 Å². The predicted octanol–water partition coefficient (Wildman–Crippen LogP) is 9.09. The van der Waals surface area contributed by atoms with Gasteiger partial charge >= 0.3 is 0 Å². The molecule has 2 heterocycles. The Balaban J connectivity index is 0. The summed E-state index contributed by atoms with van der Waals surface area (Å²) in [5, 5.41) is 29.3. The van der Waals surface area contributed by atoms with Gasteiger partial charge in [-0.25, -0.2) is 10.2 Å². The topological polar surface area (TPSA) is 158 Å². The Morgan fingerprint density at radius 1 is 1.05 bits per heavy atom. The summed E-state index contributed by atoms with van der Waals surface area (Å²) in [6.07, 6.45) is 31.1. The Morgan fingerprint density at radius 2 is 1.83 bits per heavy atom. The van der Waals surface area contributed by atoms with E-state index in [0.717, 1.165) is 86.7 Å². The minimum Gasteiger partial charge on any atom is -0.380 e. The Bertz CT molecular complexity index is 1500. The molecule has 0 saturated heterocycles. The van der Waals surface area contributed by atoms with Crippen LogP contribution in [-0.4, -0.2) is 94.1 Å².